The van der Waals surface area contributed by atoms with Crippen LogP contribution in [0.4, 0.5) is 0 Å². The Morgan fingerprint density at radius 2 is 1.81 bits per heavy atom. The van der Waals surface area contributed by atoms with E-state index in [1.54, 1.807) is 18.4 Å². The molecule has 186 valence electrons. The third kappa shape index (κ3) is 4.88. The van der Waals surface area contributed by atoms with Gasteiger partial charge in [0.05, 0.1) is 13.7 Å². The summed E-state index contributed by atoms with van der Waals surface area (Å²) in [4.78, 5) is 31.6. The van der Waals surface area contributed by atoms with Crippen LogP contribution in [0.15, 0.2) is 72.1 Å². The van der Waals surface area contributed by atoms with Gasteiger partial charge in [0.15, 0.2) is 0 Å². The normalized spacial score (nSPS) is 15.9. The number of hydrogen-bond acceptors (Lipinski definition) is 4. The molecule has 1 aliphatic heterocycles. The van der Waals surface area contributed by atoms with Gasteiger partial charge >= 0.3 is 0 Å². The number of hydrogen-bond donors (Lipinski definition) is 0. The van der Waals surface area contributed by atoms with E-state index >= 15 is 0 Å². The lowest BCUT2D eigenvalue weighted by molar-refractivity contribution is -0.135. The number of fused-ring (bicyclic) bond motifs is 1. The van der Waals surface area contributed by atoms with Crippen LogP contribution in [-0.4, -0.2) is 59.0 Å². The van der Waals surface area contributed by atoms with Crippen LogP contribution in [0.1, 0.15) is 35.0 Å². The van der Waals surface area contributed by atoms with E-state index in [2.05, 4.69) is 28.1 Å². The highest BCUT2D eigenvalue weighted by Gasteiger charge is 2.31. The molecule has 2 amide bonds. The molecule has 7 heteroatoms. The number of thiophene rings is 1. The van der Waals surface area contributed by atoms with Crippen molar-refractivity contribution < 1.29 is 14.3 Å². The summed E-state index contributed by atoms with van der Waals surface area (Å²) in [6, 6.07) is 22.0. The van der Waals surface area contributed by atoms with Crippen molar-refractivity contribution in [3.8, 4) is 5.75 Å². The molecule has 2 aromatic carbocycles. The molecule has 5 rings (SSSR count). The van der Waals surface area contributed by atoms with E-state index in [-0.39, 0.29) is 17.9 Å². The average molecular weight is 502 g/mol. The van der Waals surface area contributed by atoms with Crippen molar-refractivity contribution in [2.24, 2.45) is 0 Å². The molecule has 0 N–H and O–H groups in total. The summed E-state index contributed by atoms with van der Waals surface area (Å²) in [5, 5.41) is 3.13. The number of aromatic nitrogens is 1. The van der Waals surface area contributed by atoms with Gasteiger partial charge < -0.3 is 19.1 Å². The second kappa shape index (κ2) is 10.6. The Hall–Kier alpha value is -3.58. The van der Waals surface area contributed by atoms with Gasteiger partial charge in [-0.15, -0.1) is 11.3 Å². The maximum atomic E-state index is 13.7. The van der Waals surface area contributed by atoms with Gasteiger partial charge in [0.25, 0.3) is 5.91 Å². The molecule has 0 spiro atoms. The van der Waals surface area contributed by atoms with Crippen molar-refractivity contribution >= 4 is 33.4 Å². The Bertz CT molecular complexity index is 1360. The van der Waals surface area contributed by atoms with E-state index in [0.717, 1.165) is 28.0 Å². The molecule has 0 bridgehead atoms. The minimum atomic E-state index is -0.0234. The molecule has 1 fully saturated rings. The minimum absolute atomic E-state index is 0.0107. The minimum Gasteiger partial charge on any atom is -0.496 e. The van der Waals surface area contributed by atoms with Crippen LogP contribution in [0.2, 0.25) is 0 Å². The molecular formula is C29H31N3O3S. The molecule has 0 radical (unpaired) electrons. The summed E-state index contributed by atoms with van der Waals surface area (Å²) < 4.78 is 7.66. The van der Waals surface area contributed by atoms with Gasteiger partial charge in [0.2, 0.25) is 5.91 Å². The summed E-state index contributed by atoms with van der Waals surface area (Å²) in [6.45, 7) is 4.22. The average Bonchev–Trinajstić information content (AvgIpc) is 3.50. The highest BCUT2D eigenvalue weighted by atomic mass is 32.1. The van der Waals surface area contributed by atoms with Crippen molar-refractivity contribution in [3.05, 3.63) is 88.9 Å². The van der Waals surface area contributed by atoms with Crippen LogP contribution in [0.3, 0.4) is 0 Å². The number of nitrogens with zero attached hydrogens (tertiary/aromatic N) is 3. The molecule has 6 nitrogen and oxygen atoms in total. The van der Waals surface area contributed by atoms with Crippen LogP contribution in [0.25, 0.3) is 10.2 Å². The smallest absolute Gasteiger partial charge is 0.270 e. The predicted octanol–water partition coefficient (Wildman–Crippen LogP) is 5.07. The number of benzene rings is 2. The molecule has 1 unspecified atom stereocenters. The Labute approximate surface area is 215 Å². The standard InChI is InChI=1S/C29H31N3O3S/c1-21-19-30(15-16-31(21)27(33)13-12-22-8-4-3-5-9-22)28(34)25-18-23-14-17-36-29(23)32(25)20-24-10-6-7-11-26(24)35-2/h3-11,14,17-18,21H,12-13,15-16,19-20H2,1-2H3. The van der Waals surface area contributed by atoms with E-state index in [1.807, 2.05) is 65.3 Å². The van der Waals surface area contributed by atoms with Gasteiger partial charge in [-0.1, -0.05) is 48.5 Å². The Balaban J connectivity index is 1.30. The fraction of sp³-hybridized carbons (Fsp3) is 0.310. The highest BCUT2D eigenvalue weighted by molar-refractivity contribution is 7.16. The molecule has 1 atom stereocenters. The van der Waals surface area contributed by atoms with E-state index in [0.29, 0.717) is 38.3 Å². The third-order valence-electron chi connectivity index (χ3n) is 6.95. The second-order valence-electron chi connectivity index (χ2n) is 9.28. The zero-order chi connectivity index (χ0) is 25.1. The van der Waals surface area contributed by atoms with Crippen LogP contribution >= 0.6 is 11.3 Å². The van der Waals surface area contributed by atoms with Crippen LogP contribution in [0, 0.1) is 0 Å². The van der Waals surface area contributed by atoms with Gasteiger partial charge in [0, 0.05) is 43.0 Å². The van der Waals surface area contributed by atoms with Gasteiger partial charge in [-0.25, -0.2) is 0 Å². The van der Waals surface area contributed by atoms with Crippen molar-refractivity contribution in [2.45, 2.75) is 32.4 Å². The number of carbonyl (C=O) groups is 2. The van der Waals surface area contributed by atoms with Crippen molar-refractivity contribution in [3.63, 3.8) is 0 Å². The largest absolute Gasteiger partial charge is 0.496 e. The highest BCUT2D eigenvalue weighted by Crippen LogP contribution is 2.29. The fourth-order valence-electron chi connectivity index (χ4n) is 5.03. The number of aryl methyl sites for hydroxylation is 1. The maximum Gasteiger partial charge on any atom is 0.270 e. The van der Waals surface area contributed by atoms with E-state index in [1.165, 1.54) is 5.56 Å². The number of piperazine rings is 1. The summed E-state index contributed by atoms with van der Waals surface area (Å²) in [7, 11) is 1.67. The molecule has 4 aromatic rings. The molecule has 36 heavy (non-hydrogen) atoms. The first-order valence-corrected chi connectivity index (χ1v) is 13.2. The maximum absolute atomic E-state index is 13.7. The first-order chi connectivity index (χ1) is 17.5. The number of para-hydroxylation sites is 1. The Kier molecular flexibility index (Phi) is 7.09. The molecular weight excluding hydrogens is 470 g/mol. The lowest BCUT2D eigenvalue weighted by Crippen LogP contribution is -2.55. The van der Waals surface area contributed by atoms with E-state index in [9.17, 15) is 9.59 Å². The van der Waals surface area contributed by atoms with E-state index < -0.39 is 0 Å². The van der Waals surface area contributed by atoms with Crippen LogP contribution in [0.5, 0.6) is 5.75 Å². The van der Waals surface area contributed by atoms with Gasteiger partial charge in [-0.05, 0) is 42.5 Å². The molecule has 1 saturated heterocycles. The van der Waals surface area contributed by atoms with Gasteiger partial charge in [-0.3, -0.25) is 9.59 Å². The first kappa shape index (κ1) is 24.1. The fourth-order valence-corrected chi connectivity index (χ4v) is 5.92. The van der Waals surface area contributed by atoms with Crippen LogP contribution < -0.4 is 4.74 Å². The SMILES string of the molecule is COc1ccccc1Cn1c(C(=O)N2CCN(C(=O)CCc3ccccc3)C(C)C2)cc2ccsc21. The van der Waals surface area contributed by atoms with Crippen molar-refractivity contribution in [2.75, 3.05) is 26.7 Å². The number of carbonyl (C=O) groups excluding carboxylic acids is 2. The molecule has 1 aliphatic rings. The van der Waals surface area contributed by atoms with Crippen molar-refractivity contribution in [1.29, 1.82) is 0 Å². The quantitative estimate of drug-likeness (QED) is 0.356. The summed E-state index contributed by atoms with van der Waals surface area (Å²) >= 11 is 1.64. The molecule has 2 aromatic heterocycles. The topological polar surface area (TPSA) is 54.8 Å². The third-order valence-corrected chi connectivity index (χ3v) is 7.90. The molecule has 0 saturated carbocycles. The Morgan fingerprint density at radius 1 is 1.03 bits per heavy atom. The number of ether oxygens (including phenoxy) is 1. The number of amides is 2. The first-order valence-electron chi connectivity index (χ1n) is 12.4. The van der Waals surface area contributed by atoms with Gasteiger partial charge in [0.1, 0.15) is 16.3 Å². The molecule has 3 heterocycles. The Morgan fingerprint density at radius 3 is 2.58 bits per heavy atom. The monoisotopic (exact) mass is 501 g/mol. The lowest BCUT2D eigenvalue weighted by Gasteiger charge is -2.40. The predicted molar refractivity (Wildman–Crippen MR) is 144 cm³/mol. The van der Waals surface area contributed by atoms with Crippen molar-refractivity contribution in [1.82, 2.24) is 14.4 Å². The number of rotatable bonds is 7. The van der Waals surface area contributed by atoms with Gasteiger partial charge in [-0.2, -0.15) is 0 Å². The van der Waals surface area contributed by atoms with E-state index in [4.69, 9.17) is 4.74 Å². The summed E-state index contributed by atoms with van der Waals surface area (Å²) in [5.41, 5.74) is 2.88. The zero-order valence-electron chi connectivity index (χ0n) is 20.7. The summed E-state index contributed by atoms with van der Waals surface area (Å²) in [6.07, 6.45) is 1.22. The summed E-state index contributed by atoms with van der Waals surface area (Å²) in [5.74, 6) is 0.973. The zero-order valence-corrected chi connectivity index (χ0v) is 21.5. The molecule has 0 aliphatic carbocycles. The second-order valence-corrected chi connectivity index (χ2v) is 10.2. The number of methoxy groups -OCH3 is 1. The lowest BCUT2D eigenvalue weighted by atomic mass is 10.1. The van der Waals surface area contributed by atoms with Crippen LogP contribution in [-0.2, 0) is 17.8 Å².